The summed E-state index contributed by atoms with van der Waals surface area (Å²) in [5.74, 6) is 0.931. The molecule has 0 radical (unpaired) electrons. The largest absolute Gasteiger partial charge is 0.370 e. The summed E-state index contributed by atoms with van der Waals surface area (Å²) in [6.45, 7) is 6.66. The van der Waals surface area contributed by atoms with E-state index in [1.165, 1.54) is 24.8 Å². The molecule has 0 spiro atoms. The van der Waals surface area contributed by atoms with Crippen LogP contribution in [-0.2, 0) is 4.74 Å². The van der Waals surface area contributed by atoms with Crippen LogP contribution in [0.25, 0.3) is 0 Å². The molecule has 2 rings (SSSR count). The number of ether oxygens (including phenoxy) is 1. The number of carbonyl (C=O) groups excluding carboxylic acids is 1. The van der Waals surface area contributed by atoms with Crippen LogP contribution in [-0.4, -0.2) is 18.5 Å². The van der Waals surface area contributed by atoms with Gasteiger partial charge in [0.15, 0.2) is 5.78 Å². The van der Waals surface area contributed by atoms with E-state index in [-0.39, 0.29) is 11.9 Å². The normalized spacial score (nSPS) is 17.0. The van der Waals surface area contributed by atoms with Crippen molar-refractivity contribution in [3.05, 3.63) is 34.9 Å². The molecule has 1 aliphatic rings. The average Bonchev–Trinajstić information content (AvgIpc) is 2.34. The van der Waals surface area contributed by atoms with Crippen molar-refractivity contribution in [2.75, 3.05) is 6.61 Å². The van der Waals surface area contributed by atoms with Gasteiger partial charge in [-0.2, -0.15) is 0 Å². The monoisotopic (exact) mass is 260 g/mol. The molecule has 2 nitrogen and oxygen atoms in total. The van der Waals surface area contributed by atoms with Gasteiger partial charge in [-0.25, -0.2) is 0 Å². The minimum atomic E-state index is -0.331. The first-order valence-electron chi connectivity index (χ1n) is 7.31. The molecule has 1 atom stereocenters. The van der Waals surface area contributed by atoms with Gasteiger partial charge in [-0.3, -0.25) is 4.79 Å². The lowest BCUT2D eigenvalue weighted by Crippen LogP contribution is -2.23. The zero-order chi connectivity index (χ0) is 13.8. The Morgan fingerprint density at radius 3 is 2.63 bits per heavy atom. The smallest absolute Gasteiger partial charge is 0.191 e. The van der Waals surface area contributed by atoms with Crippen LogP contribution >= 0.6 is 0 Å². The quantitative estimate of drug-likeness (QED) is 0.720. The second-order valence-electron chi connectivity index (χ2n) is 5.76. The highest BCUT2D eigenvalue weighted by Gasteiger charge is 2.19. The second-order valence-corrected chi connectivity index (χ2v) is 5.76. The van der Waals surface area contributed by atoms with Crippen molar-refractivity contribution >= 4 is 5.78 Å². The van der Waals surface area contributed by atoms with E-state index in [0.29, 0.717) is 6.61 Å². The Bertz CT molecular complexity index is 447. The molecular weight excluding hydrogens is 236 g/mol. The molecule has 0 aromatic heterocycles. The Morgan fingerprint density at radius 1 is 1.32 bits per heavy atom. The minimum absolute atomic E-state index is 0.0942. The molecule has 1 saturated carbocycles. The Balaban J connectivity index is 1.84. The van der Waals surface area contributed by atoms with Crippen LogP contribution in [0.1, 0.15) is 54.1 Å². The molecule has 1 unspecified atom stereocenters. The molecule has 104 valence electrons. The van der Waals surface area contributed by atoms with Gasteiger partial charge in [-0.1, -0.05) is 31.4 Å². The highest BCUT2D eigenvalue weighted by atomic mass is 16.5. The van der Waals surface area contributed by atoms with Gasteiger partial charge in [0.05, 0.1) is 0 Å². The lowest BCUT2D eigenvalue weighted by Gasteiger charge is -2.25. The maximum Gasteiger partial charge on any atom is 0.191 e. The van der Waals surface area contributed by atoms with Crippen molar-refractivity contribution in [3.8, 4) is 0 Å². The maximum atomic E-state index is 12.2. The first kappa shape index (κ1) is 14.3. The Hall–Kier alpha value is -1.15. The van der Waals surface area contributed by atoms with E-state index in [1.54, 1.807) is 0 Å². The highest BCUT2D eigenvalue weighted by molar-refractivity contribution is 5.99. The van der Waals surface area contributed by atoms with Crippen LogP contribution in [0, 0.1) is 19.8 Å². The number of carbonyl (C=O) groups is 1. The van der Waals surface area contributed by atoms with Crippen molar-refractivity contribution in [2.24, 2.45) is 5.92 Å². The Morgan fingerprint density at radius 2 is 2.05 bits per heavy atom. The van der Waals surface area contributed by atoms with Gasteiger partial charge in [0.2, 0.25) is 0 Å². The first-order valence-corrected chi connectivity index (χ1v) is 7.31. The predicted octanol–water partition coefficient (Wildman–Crippen LogP) is 4.08. The van der Waals surface area contributed by atoms with E-state index in [4.69, 9.17) is 4.74 Å². The SMILES string of the molecule is Cc1ccc(C(=O)C(C)OCCC2CCC2)cc1C. The van der Waals surface area contributed by atoms with Crippen LogP contribution in [0.3, 0.4) is 0 Å². The zero-order valence-electron chi connectivity index (χ0n) is 12.2. The highest BCUT2D eigenvalue weighted by Crippen LogP contribution is 2.29. The number of aryl methyl sites for hydroxylation is 2. The number of hydrogen-bond acceptors (Lipinski definition) is 2. The lowest BCUT2D eigenvalue weighted by molar-refractivity contribution is 0.0395. The maximum absolute atomic E-state index is 12.2. The summed E-state index contributed by atoms with van der Waals surface area (Å²) in [7, 11) is 0. The third-order valence-corrected chi connectivity index (χ3v) is 4.28. The Kier molecular flexibility index (Phi) is 4.76. The average molecular weight is 260 g/mol. The molecule has 19 heavy (non-hydrogen) atoms. The van der Waals surface area contributed by atoms with Crippen LogP contribution in [0.15, 0.2) is 18.2 Å². The van der Waals surface area contributed by atoms with Crippen molar-refractivity contribution < 1.29 is 9.53 Å². The van der Waals surface area contributed by atoms with Crippen molar-refractivity contribution in [2.45, 2.75) is 52.6 Å². The number of hydrogen-bond donors (Lipinski definition) is 0. The number of benzene rings is 1. The van der Waals surface area contributed by atoms with Crippen LogP contribution in [0.4, 0.5) is 0 Å². The van der Waals surface area contributed by atoms with Gasteiger partial charge in [-0.15, -0.1) is 0 Å². The molecule has 1 aromatic carbocycles. The van der Waals surface area contributed by atoms with Gasteiger partial charge >= 0.3 is 0 Å². The topological polar surface area (TPSA) is 26.3 Å². The minimum Gasteiger partial charge on any atom is -0.370 e. The molecule has 0 heterocycles. The van der Waals surface area contributed by atoms with E-state index < -0.39 is 0 Å². The molecule has 2 heteroatoms. The Labute approximate surface area is 116 Å². The van der Waals surface area contributed by atoms with Gasteiger partial charge in [0, 0.05) is 12.2 Å². The fourth-order valence-electron chi connectivity index (χ4n) is 2.40. The fourth-order valence-corrected chi connectivity index (χ4v) is 2.40. The molecule has 1 fully saturated rings. The third-order valence-electron chi connectivity index (χ3n) is 4.28. The predicted molar refractivity (Wildman–Crippen MR) is 77.6 cm³/mol. The number of rotatable bonds is 6. The molecule has 0 saturated heterocycles. The summed E-state index contributed by atoms with van der Waals surface area (Å²) in [4.78, 5) is 12.2. The number of ketones is 1. The second kappa shape index (κ2) is 6.33. The molecule has 1 aliphatic carbocycles. The third kappa shape index (κ3) is 3.66. The zero-order valence-corrected chi connectivity index (χ0v) is 12.2. The summed E-state index contributed by atoms with van der Waals surface area (Å²) in [6, 6.07) is 5.86. The van der Waals surface area contributed by atoms with Gasteiger partial charge in [0.25, 0.3) is 0 Å². The molecule has 0 N–H and O–H groups in total. The molecular formula is C17H24O2. The summed E-state index contributed by atoms with van der Waals surface area (Å²) < 4.78 is 5.69. The lowest BCUT2D eigenvalue weighted by atomic mass is 9.83. The summed E-state index contributed by atoms with van der Waals surface area (Å²) in [5.41, 5.74) is 3.14. The van der Waals surface area contributed by atoms with Crippen molar-refractivity contribution in [3.63, 3.8) is 0 Å². The fraction of sp³-hybridized carbons (Fsp3) is 0.588. The molecule has 1 aromatic rings. The van der Waals surface area contributed by atoms with Crippen LogP contribution in [0.2, 0.25) is 0 Å². The summed E-state index contributed by atoms with van der Waals surface area (Å²) in [5, 5.41) is 0. The molecule has 0 amide bonds. The van der Waals surface area contributed by atoms with Gasteiger partial charge in [0.1, 0.15) is 6.10 Å². The van der Waals surface area contributed by atoms with Crippen LogP contribution in [0.5, 0.6) is 0 Å². The van der Waals surface area contributed by atoms with E-state index in [2.05, 4.69) is 6.92 Å². The van der Waals surface area contributed by atoms with Gasteiger partial charge in [-0.05, 0) is 50.3 Å². The summed E-state index contributed by atoms with van der Waals surface area (Å²) >= 11 is 0. The van der Waals surface area contributed by atoms with E-state index in [1.807, 2.05) is 32.0 Å². The standard InChI is InChI=1S/C17H24O2/c1-12-7-8-16(11-13(12)2)17(18)14(3)19-10-9-15-5-4-6-15/h7-8,11,14-15H,4-6,9-10H2,1-3H3. The van der Waals surface area contributed by atoms with Crippen LogP contribution < -0.4 is 0 Å². The first-order chi connectivity index (χ1) is 9.08. The van der Waals surface area contributed by atoms with E-state index >= 15 is 0 Å². The van der Waals surface area contributed by atoms with E-state index in [0.717, 1.165) is 23.5 Å². The van der Waals surface area contributed by atoms with Gasteiger partial charge < -0.3 is 4.74 Å². The summed E-state index contributed by atoms with van der Waals surface area (Å²) in [6.07, 6.45) is 4.81. The number of Topliss-reactive ketones (excluding diaryl/α,β-unsaturated/α-hetero) is 1. The van der Waals surface area contributed by atoms with E-state index in [9.17, 15) is 4.79 Å². The van der Waals surface area contributed by atoms with Crippen molar-refractivity contribution in [1.82, 2.24) is 0 Å². The molecule has 0 aliphatic heterocycles. The van der Waals surface area contributed by atoms with Crippen molar-refractivity contribution in [1.29, 1.82) is 0 Å². The molecule has 0 bridgehead atoms.